The van der Waals surface area contributed by atoms with Crippen LogP contribution in [-0.4, -0.2) is 28.5 Å². The minimum absolute atomic E-state index is 0.0464. The maximum atomic E-state index is 12.4. The highest BCUT2D eigenvalue weighted by atomic mass is 16.3. The molecule has 1 N–H and O–H groups in total. The lowest BCUT2D eigenvalue weighted by Crippen LogP contribution is -2.34. The van der Waals surface area contributed by atoms with E-state index in [1.807, 2.05) is 0 Å². The second kappa shape index (κ2) is 5.09. The Morgan fingerprint density at radius 3 is 2.89 bits per heavy atom. The highest BCUT2D eigenvalue weighted by Gasteiger charge is 2.33. The predicted octanol–water partition coefficient (Wildman–Crippen LogP) is 2.22. The van der Waals surface area contributed by atoms with Crippen LogP contribution in [0.1, 0.15) is 35.2 Å². The van der Waals surface area contributed by atoms with E-state index in [2.05, 4.69) is 6.07 Å². The molecule has 0 bridgehead atoms. The molecule has 1 amide bonds. The van der Waals surface area contributed by atoms with E-state index in [9.17, 15) is 9.90 Å². The Morgan fingerprint density at radius 2 is 2.28 bits per heavy atom. The number of nitrogens with zero attached hydrogens (tertiary/aromatic N) is 2. The Kier molecular flexibility index (Phi) is 3.52. The van der Waals surface area contributed by atoms with E-state index in [4.69, 9.17) is 5.26 Å². The van der Waals surface area contributed by atoms with E-state index in [1.54, 1.807) is 30.0 Å². The lowest BCUT2D eigenvalue weighted by Gasteiger charge is -2.22. The van der Waals surface area contributed by atoms with Crippen molar-refractivity contribution in [2.75, 3.05) is 6.54 Å². The Bertz CT molecular complexity index is 501. The Hall–Kier alpha value is -2.02. The second-order valence-corrected chi connectivity index (χ2v) is 4.61. The molecular formula is C14H16N2O2. The molecule has 1 aliphatic carbocycles. The van der Waals surface area contributed by atoms with Gasteiger partial charge in [-0.15, -0.1) is 0 Å². The number of phenolic OH excluding ortho intramolecular Hbond substituents is 1. The molecule has 4 heteroatoms. The van der Waals surface area contributed by atoms with Gasteiger partial charge in [-0.2, -0.15) is 5.26 Å². The van der Waals surface area contributed by atoms with Crippen molar-refractivity contribution in [3.05, 3.63) is 29.3 Å². The zero-order valence-electron chi connectivity index (χ0n) is 10.4. The monoisotopic (exact) mass is 244 g/mol. The molecule has 18 heavy (non-hydrogen) atoms. The Morgan fingerprint density at radius 1 is 1.56 bits per heavy atom. The molecule has 0 aliphatic heterocycles. The third-order valence-electron chi connectivity index (χ3n) is 3.18. The van der Waals surface area contributed by atoms with Crippen molar-refractivity contribution in [3.63, 3.8) is 0 Å². The van der Waals surface area contributed by atoms with Crippen molar-refractivity contribution < 1.29 is 9.90 Å². The molecule has 0 atom stereocenters. The molecule has 0 radical (unpaired) electrons. The largest absolute Gasteiger partial charge is 0.507 e. The average Bonchev–Trinajstić information content (AvgIpc) is 3.17. The third-order valence-corrected chi connectivity index (χ3v) is 3.18. The van der Waals surface area contributed by atoms with Gasteiger partial charge < -0.3 is 10.0 Å². The summed E-state index contributed by atoms with van der Waals surface area (Å²) >= 11 is 0. The maximum absolute atomic E-state index is 12.4. The molecule has 94 valence electrons. The lowest BCUT2D eigenvalue weighted by molar-refractivity contribution is 0.0743. The number of aryl methyl sites for hydroxylation is 1. The minimum Gasteiger partial charge on any atom is -0.507 e. The summed E-state index contributed by atoms with van der Waals surface area (Å²) in [6.07, 6.45) is 2.31. The molecule has 2 rings (SSSR count). The van der Waals surface area contributed by atoms with Crippen molar-refractivity contribution in [1.82, 2.24) is 4.90 Å². The minimum atomic E-state index is -0.172. The Balaban J connectivity index is 2.22. The number of hydrogen-bond acceptors (Lipinski definition) is 3. The van der Waals surface area contributed by atoms with Crippen LogP contribution in [0.25, 0.3) is 0 Å². The number of amides is 1. The quantitative estimate of drug-likeness (QED) is 0.883. The van der Waals surface area contributed by atoms with Crippen molar-refractivity contribution in [3.8, 4) is 11.8 Å². The van der Waals surface area contributed by atoms with Crippen LogP contribution >= 0.6 is 0 Å². The van der Waals surface area contributed by atoms with Crippen LogP contribution < -0.4 is 0 Å². The number of benzene rings is 1. The van der Waals surface area contributed by atoms with Crippen molar-refractivity contribution in [2.45, 2.75) is 32.2 Å². The second-order valence-electron chi connectivity index (χ2n) is 4.61. The predicted molar refractivity (Wildman–Crippen MR) is 67.1 cm³/mol. The summed E-state index contributed by atoms with van der Waals surface area (Å²) in [5.41, 5.74) is 1.02. The summed E-state index contributed by atoms with van der Waals surface area (Å²) in [5, 5.41) is 18.6. The molecule has 0 saturated heterocycles. The van der Waals surface area contributed by atoms with Gasteiger partial charge in [0.2, 0.25) is 0 Å². The van der Waals surface area contributed by atoms with E-state index in [0.29, 0.717) is 24.1 Å². The number of hydrogen-bond donors (Lipinski definition) is 1. The van der Waals surface area contributed by atoms with Crippen LogP contribution in [0.4, 0.5) is 0 Å². The van der Waals surface area contributed by atoms with Gasteiger partial charge in [0.1, 0.15) is 5.75 Å². The lowest BCUT2D eigenvalue weighted by atomic mass is 10.1. The number of aromatic hydroxyl groups is 1. The van der Waals surface area contributed by atoms with Gasteiger partial charge in [0.15, 0.2) is 0 Å². The molecule has 1 saturated carbocycles. The summed E-state index contributed by atoms with van der Waals surface area (Å²) in [7, 11) is 0. The number of carbonyl (C=O) groups excluding carboxylic acids is 1. The highest BCUT2D eigenvalue weighted by molar-refractivity contribution is 5.97. The van der Waals surface area contributed by atoms with Crippen LogP contribution in [0.15, 0.2) is 18.2 Å². The summed E-state index contributed by atoms with van der Waals surface area (Å²) in [5.74, 6) is -0.126. The van der Waals surface area contributed by atoms with Crippen LogP contribution in [0.2, 0.25) is 0 Å². The zero-order chi connectivity index (χ0) is 13.1. The van der Waals surface area contributed by atoms with E-state index >= 15 is 0 Å². The molecule has 0 aromatic heterocycles. The summed E-state index contributed by atoms with van der Waals surface area (Å²) < 4.78 is 0. The molecule has 1 aliphatic rings. The summed E-state index contributed by atoms with van der Waals surface area (Å²) in [6, 6.07) is 7.46. The molecule has 1 aromatic carbocycles. The van der Waals surface area contributed by atoms with Gasteiger partial charge in [0, 0.05) is 12.6 Å². The first-order valence-corrected chi connectivity index (χ1v) is 6.11. The smallest absolute Gasteiger partial charge is 0.257 e. The first kappa shape index (κ1) is 12.4. The van der Waals surface area contributed by atoms with E-state index < -0.39 is 0 Å². The average molecular weight is 244 g/mol. The third kappa shape index (κ3) is 2.45. The maximum Gasteiger partial charge on any atom is 0.257 e. The van der Waals surface area contributed by atoms with Crippen LogP contribution in [0.3, 0.4) is 0 Å². The number of carbonyl (C=O) groups is 1. The molecule has 0 unspecified atom stereocenters. The summed E-state index contributed by atoms with van der Waals surface area (Å²) in [4.78, 5) is 14.1. The normalized spacial score (nSPS) is 14.0. The van der Waals surface area contributed by atoms with Crippen molar-refractivity contribution in [1.29, 1.82) is 5.26 Å². The fraction of sp³-hybridized carbons (Fsp3) is 0.429. The first-order valence-electron chi connectivity index (χ1n) is 6.11. The fourth-order valence-corrected chi connectivity index (χ4v) is 1.99. The zero-order valence-corrected chi connectivity index (χ0v) is 10.4. The van der Waals surface area contributed by atoms with Crippen LogP contribution in [-0.2, 0) is 0 Å². The fourth-order valence-electron chi connectivity index (χ4n) is 1.99. The van der Waals surface area contributed by atoms with Gasteiger partial charge in [-0.3, -0.25) is 4.79 Å². The number of phenols is 1. The van der Waals surface area contributed by atoms with E-state index in [-0.39, 0.29) is 17.7 Å². The van der Waals surface area contributed by atoms with Gasteiger partial charge >= 0.3 is 0 Å². The molecule has 0 heterocycles. The number of para-hydroxylation sites is 1. The highest BCUT2D eigenvalue weighted by Crippen LogP contribution is 2.31. The topological polar surface area (TPSA) is 64.3 Å². The van der Waals surface area contributed by atoms with E-state index in [0.717, 1.165) is 12.8 Å². The SMILES string of the molecule is Cc1cccc(C(=O)N(CCC#N)C2CC2)c1O. The van der Waals surface area contributed by atoms with Gasteiger partial charge in [-0.05, 0) is 31.4 Å². The molecule has 4 nitrogen and oxygen atoms in total. The van der Waals surface area contributed by atoms with E-state index in [1.165, 1.54) is 0 Å². The van der Waals surface area contributed by atoms with Crippen LogP contribution in [0, 0.1) is 18.3 Å². The van der Waals surface area contributed by atoms with Gasteiger partial charge in [-0.25, -0.2) is 0 Å². The van der Waals surface area contributed by atoms with Crippen molar-refractivity contribution >= 4 is 5.91 Å². The first-order chi connectivity index (χ1) is 8.65. The molecule has 0 spiro atoms. The van der Waals surface area contributed by atoms with Gasteiger partial charge in [-0.1, -0.05) is 12.1 Å². The molecule has 1 fully saturated rings. The molecular weight excluding hydrogens is 228 g/mol. The summed E-state index contributed by atoms with van der Waals surface area (Å²) in [6.45, 7) is 2.20. The van der Waals surface area contributed by atoms with Crippen molar-refractivity contribution in [2.24, 2.45) is 0 Å². The van der Waals surface area contributed by atoms with Crippen LogP contribution in [0.5, 0.6) is 5.75 Å². The number of nitriles is 1. The Labute approximate surface area is 106 Å². The molecule has 1 aromatic rings. The number of rotatable bonds is 4. The standard InChI is InChI=1S/C14H16N2O2/c1-10-4-2-5-12(13(10)17)14(18)16(9-3-8-15)11-6-7-11/h2,4-5,11,17H,3,6-7,9H2,1H3. The van der Waals surface area contributed by atoms with Gasteiger partial charge in [0.25, 0.3) is 5.91 Å². The van der Waals surface area contributed by atoms with Gasteiger partial charge in [0.05, 0.1) is 18.1 Å².